The minimum absolute atomic E-state index is 0.0533. The number of carbonyl (C=O) groups is 1. The van der Waals surface area contributed by atoms with Crippen molar-refractivity contribution < 1.29 is 13.2 Å². The maximum Gasteiger partial charge on any atom is 0.261 e. The summed E-state index contributed by atoms with van der Waals surface area (Å²) in [5.41, 5.74) is 0.949. The molecule has 6 heteroatoms. The molecule has 0 aliphatic carbocycles. The predicted octanol–water partition coefficient (Wildman–Crippen LogP) is 3.07. The molecule has 0 saturated heterocycles. The van der Waals surface area contributed by atoms with Crippen molar-refractivity contribution in [2.75, 3.05) is 10.1 Å². The minimum Gasteiger partial charge on any atom is -0.293 e. The summed E-state index contributed by atoms with van der Waals surface area (Å²) < 4.78 is 26.6. The Kier molecular flexibility index (Phi) is 4.57. The molecule has 2 aromatic carbocycles. The summed E-state index contributed by atoms with van der Waals surface area (Å²) in [6.07, 6.45) is 0. The Balaban J connectivity index is 2.20. The lowest BCUT2D eigenvalue weighted by molar-refractivity contribution is 0.102. The number of Topliss-reactive ketones (excluding diaryl/α,β-unsaturated/α-hetero) is 1. The van der Waals surface area contributed by atoms with E-state index in [1.54, 1.807) is 42.5 Å². The van der Waals surface area contributed by atoms with Gasteiger partial charge < -0.3 is 0 Å². The van der Waals surface area contributed by atoms with Crippen molar-refractivity contribution in [2.45, 2.75) is 4.90 Å². The summed E-state index contributed by atoms with van der Waals surface area (Å²) in [4.78, 5) is 11.6. The molecule has 104 valence electrons. The molecule has 0 aliphatic rings. The van der Waals surface area contributed by atoms with Gasteiger partial charge in [-0.15, -0.1) is 0 Å². The molecule has 0 amide bonds. The number of nitrogens with one attached hydrogen (secondary N) is 1. The minimum atomic E-state index is -3.60. The topological polar surface area (TPSA) is 63.2 Å². The summed E-state index contributed by atoms with van der Waals surface area (Å²) in [6, 6.07) is 14.4. The van der Waals surface area contributed by atoms with Crippen LogP contribution in [0.2, 0.25) is 0 Å². The van der Waals surface area contributed by atoms with Gasteiger partial charge in [0.1, 0.15) is 0 Å². The average molecular weight is 354 g/mol. The second-order valence-corrected chi connectivity index (χ2v) is 6.30. The average Bonchev–Trinajstić information content (AvgIpc) is 2.48. The first-order valence-corrected chi connectivity index (χ1v) is 8.40. The van der Waals surface area contributed by atoms with E-state index in [0.29, 0.717) is 11.3 Å². The quantitative estimate of drug-likeness (QED) is 0.663. The van der Waals surface area contributed by atoms with Crippen molar-refractivity contribution in [2.24, 2.45) is 0 Å². The first-order chi connectivity index (χ1) is 9.53. The molecule has 20 heavy (non-hydrogen) atoms. The van der Waals surface area contributed by atoms with Crippen molar-refractivity contribution in [3.63, 3.8) is 0 Å². The Morgan fingerprint density at radius 2 is 1.60 bits per heavy atom. The maximum absolute atomic E-state index is 12.1. The number of benzene rings is 2. The summed E-state index contributed by atoms with van der Waals surface area (Å²) in [5, 5.41) is 0.238. The fourth-order valence-electron chi connectivity index (χ4n) is 1.62. The molecule has 2 rings (SSSR count). The van der Waals surface area contributed by atoms with Crippen LogP contribution in [0.3, 0.4) is 0 Å². The van der Waals surface area contributed by atoms with Crippen LogP contribution in [-0.4, -0.2) is 19.5 Å². The lowest BCUT2D eigenvalue weighted by atomic mass is 10.1. The Morgan fingerprint density at radius 1 is 1.00 bits per heavy atom. The van der Waals surface area contributed by atoms with E-state index >= 15 is 0 Å². The molecule has 0 aliphatic heterocycles. The van der Waals surface area contributed by atoms with Crippen LogP contribution in [0.5, 0.6) is 0 Å². The van der Waals surface area contributed by atoms with E-state index < -0.39 is 10.0 Å². The molecule has 2 aromatic rings. The normalized spacial score (nSPS) is 11.1. The van der Waals surface area contributed by atoms with E-state index in [0.717, 1.165) is 0 Å². The fraction of sp³-hybridized carbons (Fsp3) is 0.0714. The van der Waals surface area contributed by atoms with Crippen LogP contribution in [0.4, 0.5) is 5.69 Å². The van der Waals surface area contributed by atoms with Gasteiger partial charge in [0, 0.05) is 11.3 Å². The zero-order chi connectivity index (χ0) is 14.6. The number of halogens is 1. The van der Waals surface area contributed by atoms with E-state index in [2.05, 4.69) is 20.7 Å². The van der Waals surface area contributed by atoms with Gasteiger partial charge in [-0.05, 0) is 36.4 Å². The van der Waals surface area contributed by atoms with Crippen LogP contribution in [0.15, 0.2) is 59.5 Å². The fourth-order valence-corrected chi connectivity index (χ4v) is 3.02. The van der Waals surface area contributed by atoms with Gasteiger partial charge in [0.05, 0.1) is 10.2 Å². The third kappa shape index (κ3) is 3.46. The van der Waals surface area contributed by atoms with Crippen LogP contribution in [0.25, 0.3) is 0 Å². The highest BCUT2D eigenvalue weighted by molar-refractivity contribution is 9.09. The second-order valence-electron chi connectivity index (χ2n) is 4.05. The van der Waals surface area contributed by atoms with Crippen molar-refractivity contribution in [1.82, 2.24) is 0 Å². The Hall–Kier alpha value is -1.66. The van der Waals surface area contributed by atoms with Gasteiger partial charge in [-0.2, -0.15) is 0 Å². The molecule has 0 bridgehead atoms. The molecule has 1 N–H and O–H groups in total. The number of rotatable bonds is 5. The van der Waals surface area contributed by atoms with Gasteiger partial charge in [0.25, 0.3) is 10.0 Å². The van der Waals surface area contributed by atoms with Crippen LogP contribution >= 0.6 is 15.9 Å². The Bertz CT molecular complexity index is 697. The molecular formula is C14H12BrNO3S. The molecule has 0 aromatic heterocycles. The van der Waals surface area contributed by atoms with E-state index in [-0.39, 0.29) is 16.0 Å². The molecule has 0 atom stereocenters. The standard InChI is InChI=1S/C14H12BrNO3S/c15-10-14(17)11-6-8-12(9-7-11)16-20(18,19)13-4-2-1-3-5-13/h1-9,16H,10H2. The van der Waals surface area contributed by atoms with Gasteiger partial charge in [-0.1, -0.05) is 34.1 Å². The maximum atomic E-state index is 12.1. The van der Waals surface area contributed by atoms with Gasteiger partial charge in [0.15, 0.2) is 5.78 Å². The lowest BCUT2D eigenvalue weighted by Gasteiger charge is -2.08. The van der Waals surface area contributed by atoms with Gasteiger partial charge in [-0.25, -0.2) is 8.42 Å². The van der Waals surface area contributed by atoms with Gasteiger partial charge in [0.2, 0.25) is 0 Å². The Labute approximate surface area is 126 Å². The highest BCUT2D eigenvalue weighted by Gasteiger charge is 2.13. The summed E-state index contributed by atoms with van der Waals surface area (Å²) in [7, 11) is -3.60. The molecule has 0 unspecified atom stereocenters. The molecule has 0 spiro atoms. The third-order valence-electron chi connectivity index (χ3n) is 2.63. The van der Waals surface area contributed by atoms with E-state index in [4.69, 9.17) is 0 Å². The number of anilines is 1. The molecule has 0 saturated carbocycles. The molecule has 0 heterocycles. The SMILES string of the molecule is O=C(CBr)c1ccc(NS(=O)(=O)c2ccccc2)cc1. The number of hydrogen-bond donors (Lipinski definition) is 1. The zero-order valence-corrected chi connectivity index (χ0v) is 12.8. The third-order valence-corrected chi connectivity index (χ3v) is 4.54. The molecule has 0 radical (unpaired) electrons. The smallest absolute Gasteiger partial charge is 0.261 e. The van der Waals surface area contributed by atoms with Crippen molar-refractivity contribution >= 4 is 37.4 Å². The van der Waals surface area contributed by atoms with Gasteiger partial charge in [-0.3, -0.25) is 9.52 Å². The summed E-state index contributed by atoms with van der Waals surface area (Å²) in [6.45, 7) is 0. The summed E-state index contributed by atoms with van der Waals surface area (Å²) >= 11 is 3.09. The zero-order valence-electron chi connectivity index (χ0n) is 10.4. The highest BCUT2D eigenvalue weighted by atomic mass is 79.9. The van der Waals surface area contributed by atoms with Crippen molar-refractivity contribution in [3.8, 4) is 0 Å². The predicted molar refractivity (Wildman–Crippen MR) is 81.8 cm³/mol. The number of hydrogen-bond acceptors (Lipinski definition) is 3. The lowest BCUT2D eigenvalue weighted by Crippen LogP contribution is -2.12. The number of alkyl halides is 1. The van der Waals surface area contributed by atoms with E-state index in [1.165, 1.54) is 12.1 Å². The monoisotopic (exact) mass is 353 g/mol. The second kappa shape index (κ2) is 6.19. The Morgan fingerprint density at radius 3 is 2.15 bits per heavy atom. The van der Waals surface area contributed by atoms with Crippen LogP contribution in [-0.2, 0) is 10.0 Å². The first kappa shape index (κ1) is 14.7. The van der Waals surface area contributed by atoms with Crippen LogP contribution < -0.4 is 4.72 Å². The molecular weight excluding hydrogens is 342 g/mol. The molecule has 4 nitrogen and oxygen atoms in total. The van der Waals surface area contributed by atoms with Crippen LogP contribution in [0, 0.1) is 0 Å². The van der Waals surface area contributed by atoms with Crippen molar-refractivity contribution in [3.05, 3.63) is 60.2 Å². The van der Waals surface area contributed by atoms with E-state index in [9.17, 15) is 13.2 Å². The van der Waals surface area contributed by atoms with Crippen molar-refractivity contribution in [1.29, 1.82) is 0 Å². The number of carbonyl (C=O) groups excluding carboxylic acids is 1. The van der Waals surface area contributed by atoms with Crippen LogP contribution in [0.1, 0.15) is 10.4 Å². The number of ketones is 1. The first-order valence-electron chi connectivity index (χ1n) is 5.80. The van der Waals surface area contributed by atoms with E-state index in [1.807, 2.05) is 0 Å². The number of sulfonamides is 1. The molecule has 0 fully saturated rings. The summed E-state index contributed by atoms with van der Waals surface area (Å²) in [5.74, 6) is -0.0533. The largest absolute Gasteiger partial charge is 0.293 e. The van der Waals surface area contributed by atoms with Gasteiger partial charge >= 0.3 is 0 Å². The highest BCUT2D eigenvalue weighted by Crippen LogP contribution is 2.16.